The molecule has 0 aromatic heterocycles. The fourth-order valence-corrected chi connectivity index (χ4v) is 1.65. The lowest BCUT2D eigenvalue weighted by molar-refractivity contribution is -0.204. The average molecular weight is 218 g/mol. The maximum absolute atomic E-state index is 10.2. The minimum Gasteiger partial charge on any atom is -0.348 e. The molecule has 0 amide bonds. The van der Waals surface area contributed by atoms with Gasteiger partial charge < -0.3 is 9.47 Å². The van der Waals surface area contributed by atoms with Crippen molar-refractivity contribution >= 4 is 6.29 Å². The predicted molar refractivity (Wildman–Crippen MR) is 59.8 cm³/mol. The predicted octanol–water partition coefficient (Wildman–Crippen LogP) is 2.25. The van der Waals surface area contributed by atoms with Crippen LogP contribution in [0.2, 0.25) is 0 Å². The van der Waals surface area contributed by atoms with Crippen LogP contribution in [0, 0.1) is 0 Å². The summed E-state index contributed by atoms with van der Waals surface area (Å²) in [6, 6.07) is 9.79. The van der Waals surface area contributed by atoms with Crippen molar-refractivity contribution in [2.24, 2.45) is 0 Å². The van der Waals surface area contributed by atoms with Gasteiger partial charge in [0.1, 0.15) is 6.29 Å². The first-order valence-corrected chi connectivity index (χ1v) is 5.34. The quantitative estimate of drug-likeness (QED) is 0.576. The van der Waals surface area contributed by atoms with E-state index in [9.17, 15) is 4.79 Å². The molecule has 0 aliphatic carbocycles. The molecule has 1 saturated heterocycles. The standard InChI is InChI=1S/C13H14O3/c14-9-4-7-12-8-10-15-13(16-12)11-5-2-1-3-6-11/h1-7,9,12-13H,8,10H2/b7-4+/t12-,13+/m1/s1. The molecule has 84 valence electrons. The molecule has 1 aromatic rings. The van der Waals surface area contributed by atoms with Gasteiger partial charge in [0, 0.05) is 12.0 Å². The van der Waals surface area contributed by atoms with Crippen LogP contribution in [-0.2, 0) is 14.3 Å². The summed E-state index contributed by atoms with van der Waals surface area (Å²) in [5.74, 6) is 0. The Morgan fingerprint density at radius 2 is 2.06 bits per heavy atom. The van der Waals surface area contributed by atoms with Crippen LogP contribution in [0.1, 0.15) is 18.3 Å². The molecular formula is C13H14O3. The van der Waals surface area contributed by atoms with Gasteiger partial charge in [0.05, 0.1) is 12.7 Å². The van der Waals surface area contributed by atoms with Crippen LogP contribution in [0.5, 0.6) is 0 Å². The fourth-order valence-electron chi connectivity index (χ4n) is 1.65. The number of aldehydes is 1. The summed E-state index contributed by atoms with van der Waals surface area (Å²) in [5.41, 5.74) is 1.01. The van der Waals surface area contributed by atoms with Crippen LogP contribution in [-0.4, -0.2) is 19.0 Å². The zero-order valence-corrected chi connectivity index (χ0v) is 8.91. The first-order chi connectivity index (χ1) is 7.90. The summed E-state index contributed by atoms with van der Waals surface area (Å²) in [7, 11) is 0. The Morgan fingerprint density at radius 1 is 1.25 bits per heavy atom. The summed E-state index contributed by atoms with van der Waals surface area (Å²) in [6.07, 6.45) is 4.42. The topological polar surface area (TPSA) is 35.5 Å². The number of hydrogen-bond acceptors (Lipinski definition) is 3. The number of allylic oxidation sites excluding steroid dienone is 1. The molecule has 0 unspecified atom stereocenters. The van der Waals surface area contributed by atoms with E-state index in [1.54, 1.807) is 6.08 Å². The molecule has 0 N–H and O–H groups in total. The molecule has 3 nitrogen and oxygen atoms in total. The maximum Gasteiger partial charge on any atom is 0.184 e. The minimum absolute atomic E-state index is 0.0378. The molecule has 0 radical (unpaired) electrons. The van der Waals surface area contributed by atoms with Crippen LogP contribution in [0.25, 0.3) is 0 Å². The third kappa shape index (κ3) is 2.78. The zero-order chi connectivity index (χ0) is 11.2. The van der Waals surface area contributed by atoms with Crippen molar-refractivity contribution in [2.45, 2.75) is 18.8 Å². The van der Waals surface area contributed by atoms with E-state index in [0.29, 0.717) is 6.61 Å². The van der Waals surface area contributed by atoms with Crippen molar-refractivity contribution in [3.63, 3.8) is 0 Å². The van der Waals surface area contributed by atoms with E-state index >= 15 is 0 Å². The van der Waals surface area contributed by atoms with Gasteiger partial charge in [-0.15, -0.1) is 0 Å². The lowest BCUT2D eigenvalue weighted by Crippen LogP contribution is -2.25. The highest BCUT2D eigenvalue weighted by atomic mass is 16.7. The van der Waals surface area contributed by atoms with Gasteiger partial charge in [0.15, 0.2) is 6.29 Å². The van der Waals surface area contributed by atoms with Gasteiger partial charge in [0.2, 0.25) is 0 Å². The Morgan fingerprint density at radius 3 is 2.81 bits per heavy atom. The average Bonchev–Trinajstić information content (AvgIpc) is 2.38. The molecule has 1 aliphatic rings. The highest BCUT2D eigenvalue weighted by Crippen LogP contribution is 2.26. The van der Waals surface area contributed by atoms with Crippen LogP contribution in [0.3, 0.4) is 0 Å². The Balaban J connectivity index is 2.02. The molecule has 2 rings (SSSR count). The normalized spacial score (nSPS) is 25.8. The summed E-state index contributed by atoms with van der Waals surface area (Å²) >= 11 is 0. The van der Waals surface area contributed by atoms with Crippen molar-refractivity contribution in [1.82, 2.24) is 0 Å². The minimum atomic E-state index is -0.323. The number of carbonyl (C=O) groups excluding carboxylic acids is 1. The van der Waals surface area contributed by atoms with Gasteiger partial charge in [-0.25, -0.2) is 0 Å². The van der Waals surface area contributed by atoms with Gasteiger partial charge in [-0.05, 0) is 6.08 Å². The van der Waals surface area contributed by atoms with Crippen LogP contribution in [0.4, 0.5) is 0 Å². The maximum atomic E-state index is 10.2. The largest absolute Gasteiger partial charge is 0.348 e. The number of hydrogen-bond donors (Lipinski definition) is 0. The van der Waals surface area contributed by atoms with Crippen molar-refractivity contribution in [3.8, 4) is 0 Å². The molecule has 0 bridgehead atoms. The molecule has 16 heavy (non-hydrogen) atoms. The summed E-state index contributed by atoms with van der Waals surface area (Å²) in [4.78, 5) is 10.2. The lowest BCUT2D eigenvalue weighted by Gasteiger charge is -2.28. The Hall–Kier alpha value is -1.45. The van der Waals surface area contributed by atoms with E-state index in [4.69, 9.17) is 9.47 Å². The number of benzene rings is 1. The second kappa shape index (κ2) is 5.58. The third-order valence-electron chi connectivity index (χ3n) is 2.45. The summed E-state index contributed by atoms with van der Waals surface area (Å²) in [5, 5.41) is 0. The first-order valence-electron chi connectivity index (χ1n) is 5.34. The van der Waals surface area contributed by atoms with E-state index in [2.05, 4.69) is 0 Å². The monoisotopic (exact) mass is 218 g/mol. The molecule has 0 spiro atoms. The second-order valence-corrected chi connectivity index (χ2v) is 3.60. The third-order valence-corrected chi connectivity index (χ3v) is 2.45. The second-order valence-electron chi connectivity index (χ2n) is 3.60. The zero-order valence-electron chi connectivity index (χ0n) is 8.91. The van der Waals surface area contributed by atoms with E-state index in [0.717, 1.165) is 18.3 Å². The van der Waals surface area contributed by atoms with Gasteiger partial charge >= 0.3 is 0 Å². The summed E-state index contributed by atoms with van der Waals surface area (Å²) < 4.78 is 11.2. The van der Waals surface area contributed by atoms with E-state index in [1.807, 2.05) is 30.3 Å². The van der Waals surface area contributed by atoms with Gasteiger partial charge in [-0.1, -0.05) is 36.4 Å². The van der Waals surface area contributed by atoms with E-state index in [-0.39, 0.29) is 12.4 Å². The van der Waals surface area contributed by atoms with E-state index < -0.39 is 0 Å². The van der Waals surface area contributed by atoms with Crippen LogP contribution >= 0.6 is 0 Å². The smallest absolute Gasteiger partial charge is 0.184 e. The molecule has 2 atom stereocenters. The number of rotatable bonds is 3. The van der Waals surface area contributed by atoms with Crippen molar-refractivity contribution < 1.29 is 14.3 Å². The number of ether oxygens (including phenoxy) is 2. The SMILES string of the molecule is O=C/C=C/[C@@H]1CCO[C@H](c2ccccc2)O1. The van der Waals surface area contributed by atoms with Crippen LogP contribution in [0.15, 0.2) is 42.5 Å². The lowest BCUT2D eigenvalue weighted by atomic mass is 10.2. The fraction of sp³-hybridized carbons (Fsp3) is 0.308. The first kappa shape index (κ1) is 11.0. The van der Waals surface area contributed by atoms with Crippen molar-refractivity contribution in [3.05, 3.63) is 48.0 Å². The molecule has 3 heteroatoms. The molecule has 1 aromatic carbocycles. The summed E-state index contributed by atoms with van der Waals surface area (Å²) in [6.45, 7) is 0.646. The van der Waals surface area contributed by atoms with Gasteiger partial charge in [-0.3, -0.25) is 4.79 Å². The molecule has 0 saturated carbocycles. The highest BCUT2D eigenvalue weighted by molar-refractivity contribution is 5.64. The van der Waals surface area contributed by atoms with Gasteiger partial charge in [0.25, 0.3) is 0 Å². The Kier molecular flexibility index (Phi) is 3.86. The Labute approximate surface area is 94.7 Å². The van der Waals surface area contributed by atoms with Crippen molar-refractivity contribution in [1.29, 1.82) is 0 Å². The molecule has 1 fully saturated rings. The number of carbonyl (C=O) groups is 1. The molecular weight excluding hydrogens is 204 g/mol. The van der Waals surface area contributed by atoms with E-state index in [1.165, 1.54) is 6.08 Å². The molecule has 1 heterocycles. The Bertz CT molecular complexity index is 359. The highest BCUT2D eigenvalue weighted by Gasteiger charge is 2.22. The van der Waals surface area contributed by atoms with Crippen LogP contribution < -0.4 is 0 Å². The van der Waals surface area contributed by atoms with Gasteiger partial charge in [-0.2, -0.15) is 0 Å². The molecule has 1 aliphatic heterocycles. The van der Waals surface area contributed by atoms with Crippen molar-refractivity contribution in [2.75, 3.05) is 6.61 Å².